The summed E-state index contributed by atoms with van der Waals surface area (Å²) < 4.78 is 0. The fourth-order valence-electron chi connectivity index (χ4n) is 10.5. The van der Waals surface area contributed by atoms with Gasteiger partial charge in [0.1, 0.15) is 0 Å². The number of anilines is 3. The van der Waals surface area contributed by atoms with Crippen molar-refractivity contribution in [1.82, 2.24) is 0 Å². The van der Waals surface area contributed by atoms with E-state index in [1.165, 1.54) is 82.7 Å². The van der Waals surface area contributed by atoms with E-state index in [1.54, 1.807) is 0 Å². The van der Waals surface area contributed by atoms with Gasteiger partial charge in [0, 0.05) is 16.6 Å². The molecule has 1 nitrogen and oxygen atoms in total. The molecule has 0 saturated carbocycles. The van der Waals surface area contributed by atoms with Crippen LogP contribution in [0.2, 0.25) is 0 Å². The van der Waals surface area contributed by atoms with E-state index in [0.717, 1.165) is 22.6 Å². The minimum atomic E-state index is -0.522. The van der Waals surface area contributed by atoms with Gasteiger partial charge in [0.2, 0.25) is 0 Å². The Bertz CT molecular complexity index is 3370. The number of benzene rings is 11. The number of rotatable bonds is 8. The van der Waals surface area contributed by atoms with Crippen molar-refractivity contribution in [3.8, 4) is 44.5 Å². The molecule has 64 heavy (non-hydrogen) atoms. The zero-order chi connectivity index (χ0) is 42.5. The molecule has 0 bridgehead atoms. The molecule has 0 aliphatic heterocycles. The fourth-order valence-corrected chi connectivity index (χ4v) is 10.5. The Kier molecular flexibility index (Phi) is 9.13. The van der Waals surface area contributed by atoms with Crippen molar-refractivity contribution in [1.29, 1.82) is 0 Å². The molecule has 0 heterocycles. The van der Waals surface area contributed by atoms with Gasteiger partial charge in [-0.15, -0.1) is 0 Å². The van der Waals surface area contributed by atoms with E-state index < -0.39 is 5.41 Å². The first-order valence-corrected chi connectivity index (χ1v) is 22.2. The summed E-state index contributed by atoms with van der Waals surface area (Å²) in [7, 11) is 0. The number of fused-ring (bicyclic) bond motifs is 6. The first-order chi connectivity index (χ1) is 31.8. The molecular weight excluding hydrogens is 771 g/mol. The molecule has 0 atom stereocenters. The fraction of sp³-hybridized carbons (Fsp3) is 0.0159. The second-order valence-corrected chi connectivity index (χ2v) is 16.8. The number of nitrogens with zero attached hydrogens (tertiary/aromatic N) is 1. The average molecular weight is 814 g/mol. The molecular formula is C63H43N. The van der Waals surface area contributed by atoms with Gasteiger partial charge in [0.15, 0.2) is 0 Å². The van der Waals surface area contributed by atoms with Crippen LogP contribution < -0.4 is 4.90 Å². The lowest BCUT2D eigenvalue weighted by Crippen LogP contribution is -2.28. The van der Waals surface area contributed by atoms with Gasteiger partial charge in [-0.1, -0.05) is 218 Å². The van der Waals surface area contributed by atoms with Crippen molar-refractivity contribution in [2.75, 3.05) is 4.90 Å². The van der Waals surface area contributed by atoms with Crippen LogP contribution in [0, 0.1) is 0 Å². The van der Waals surface area contributed by atoms with Gasteiger partial charge >= 0.3 is 0 Å². The van der Waals surface area contributed by atoms with Crippen LogP contribution in [0.4, 0.5) is 17.1 Å². The lowest BCUT2D eigenvalue weighted by atomic mass is 9.68. The predicted molar refractivity (Wildman–Crippen MR) is 270 cm³/mol. The summed E-state index contributed by atoms with van der Waals surface area (Å²) in [6.07, 6.45) is 0. The lowest BCUT2D eigenvalue weighted by molar-refractivity contribution is 0.768. The molecule has 0 saturated heterocycles. The van der Waals surface area contributed by atoms with Crippen LogP contribution in [0.15, 0.2) is 261 Å². The first kappa shape index (κ1) is 37.5. The van der Waals surface area contributed by atoms with E-state index in [1.807, 2.05) is 0 Å². The summed E-state index contributed by atoms with van der Waals surface area (Å²) in [4.78, 5) is 2.52. The van der Waals surface area contributed by atoms with Gasteiger partial charge < -0.3 is 4.90 Å². The van der Waals surface area contributed by atoms with Crippen LogP contribution in [-0.4, -0.2) is 0 Å². The Morgan fingerprint density at radius 3 is 1.36 bits per heavy atom. The topological polar surface area (TPSA) is 3.24 Å². The molecule has 1 aliphatic carbocycles. The zero-order valence-electron chi connectivity index (χ0n) is 35.3. The third-order valence-corrected chi connectivity index (χ3v) is 13.3. The van der Waals surface area contributed by atoms with Crippen molar-refractivity contribution < 1.29 is 0 Å². The molecule has 1 heteroatoms. The summed E-state index contributed by atoms with van der Waals surface area (Å²) in [6, 6.07) is 95.9. The van der Waals surface area contributed by atoms with Gasteiger partial charge in [-0.2, -0.15) is 0 Å². The lowest BCUT2D eigenvalue weighted by Gasteiger charge is -2.34. The SMILES string of the molecule is c1ccc(-c2cc(-c3ccccc3)cc(-c3ccc(N(c4cccc5c4-c4ccccc4C5(c4ccccc4)c4ccccc4)c4cc5ccccc5c5ccccc45)cc3)c2)cc1. The van der Waals surface area contributed by atoms with E-state index in [-0.39, 0.29) is 0 Å². The summed E-state index contributed by atoms with van der Waals surface area (Å²) >= 11 is 0. The highest BCUT2D eigenvalue weighted by Gasteiger charge is 2.47. The maximum Gasteiger partial charge on any atom is 0.0714 e. The van der Waals surface area contributed by atoms with E-state index in [0.29, 0.717) is 0 Å². The standard InChI is InChI=1S/C63H43N/c1-5-20-44(21-6-1)48-40-49(45-22-7-2-8-23-45)42-50(41-48)46-36-38-53(39-37-46)64(61-43-47-24-13-14-29-54(47)55-30-15-16-31-56(55)61)60-35-19-34-59-62(60)57-32-17-18-33-58(57)63(59,51-25-9-3-10-26-51)52-27-11-4-12-28-52/h1-43H. The van der Waals surface area contributed by atoms with Crippen LogP contribution in [0.3, 0.4) is 0 Å². The molecule has 0 aromatic heterocycles. The molecule has 0 amide bonds. The summed E-state index contributed by atoms with van der Waals surface area (Å²) in [5.41, 5.74) is 17.6. The van der Waals surface area contributed by atoms with E-state index in [2.05, 4.69) is 266 Å². The quantitative estimate of drug-likeness (QED) is 0.138. The highest BCUT2D eigenvalue weighted by Crippen LogP contribution is 2.60. The van der Waals surface area contributed by atoms with Crippen molar-refractivity contribution in [2.45, 2.75) is 5.41 Å². The second-order valence-electron chi connectivity index (χ2n) is 16.8. The first-order valence-electron chi connectivity index (χ1n) is 22.2. The zero-order valence-corrected chi connectivity index (χ0v) is 35.3. The van der Waals surface area contributed by atoms with Crippen molar-refractivity contribution in [2.24, 2.45) is 0 Å². The average Bonchev–Trinajstić information content (AvgIpc) is 3.69. The third-order valence-electron chi connectivity index (χ3n) is 13.3. The molecule has 11 aromatic carbocycles. The molecule has 0 radical (unpaired) electrons. The van der Waals surface area contributed by atoms with Crippen molar-refractivity contribution >= 4 is 38.6 Å². The van der Waals surface area contributed by atoms with Crippen LogP contribution in [0.25, 0.3) is 66.1 Å². The summed E-state index contributed by atoms with van der Waals surface area (Å²) in [5, 5.41) is 4.90. The van der Waals surface area contributed by atoms with E-state index in [4.69, 9.17) is 0 Å². The Balaban J connectivity index is 1.11. The molecule has 11 aromatic rings. The van der Waals surface area contributed by atoms with Gasteiger partial charge in [-0.25, -0.2) is 0 Å². The van der Waals surface area contributed by atoms with Crippen LogP contribution in [0.1, 0.15) is 22.3 Å². The molecule has 0 unspecified atom stereocenters. The maximum absolute atomic E-state index is 2.52. The highest BCUT2D eigenvalue weighted by atomic mass is 15.1. The van der Waals surface area contributed by atoms with Gasteiger partial charge in [0.25, 0.3) is 0 Å². The Labute approximate surface area is 374 Å². The largest absolute Gasteiger partial charge is 0.309 e. The molecule has 0 fully saturated rings. The van der Waals surface area contributed by atoms with E-state index in [9.17, 15) is 0 Å². The number of hydrogen-bond donors (Lipinski definition) is 0. The molecule has 1 aliphatic rings. The van der Waals surface area contributed by atoms with Crippen molar-refractivity contribution in [3.05, 3.63) is 283 Å². The Hall–Kier alpha value is -8.26. The van der Waals surface area contributed by atoms with Gasteiger partial charge in [0.05, 0.1) is 16.8 Å². The highest BCUT2D eigenvalue weighted by molar-refractivity contribution is 6.15. The normalized spacial score (nSPS) is 12.5. The third kappa shape index (κ3) is 6.08. The summed E-state index contributed by atoms with van der Waals surface area (Å²) in [6.45, 7) is 0. The van der Waals surface area contributed by atoms with Crippen LogP contribution >= 0.6 is 0 Å². The Morgan fingerprint density at radius 2 is 0.750 bits per heavy atom. The van der Waals surface area contributed by atoms with Gasteiger partial charge in [-0.3, -0.25) is 0 Å². The number of hydrogen-bond acceptors (Lipinski definition) is 1. The second kappa shape index (κ2) is 15.6. The minimum Gasteiger partial charge on any atom is -0.309 e. The molecule has 12 rings (SSSR count). The Morgan fingerprint density at radius 1 is 0.281 bits per heavy atom. The maximum atomic E-state index is 2.52. The summed E-state index contributed by atoms with van der Waals surface area (Å²) in [5.74, 6) is 0. The van der Waals surface area contributed by atoms with E-state index >= 15 is 0 Å². The minimum absolute atomic E-state index is 0.522. The van der Waals surface area contributed by atoms with Gasteiger partial charge in [-0.05, 0) is 120 Å². The smallest absolute Gasteiger partial charge is 0.0714 e. The van der Waals surface area contributed by atoms with Crippen molar-refractivity contribution in [3.63, 3.8) is 0 Å². The monoisotopic (exact) mass is 813 g/mol. The van der Waals surface area contributed by atoms with Crippen LogP contribution in [0.5, 0.6) is 0 Å². The molecule has 0 N–H and O–H groups in total. The molecule has 300 valence electrons. The molecule has 0 spiro atoms. The van der Waals surface area contributed by atoms with Crippen LogP contribution in [-0.2, 0) is 5.41 Å². The predicted octanol–water partition coefficient (Wildman–Crippen LogP) is 16.8.